The van der Waals surface area contributed by atoms with Crippen molar-refractivity contribution in [2.45, 2.75) is 0 Å². The summed E-state index contributed by atoms with van der Waals surface area (Å²) >= 11 is 0. The Morgan fingerprint density at radius 3 is 2.47 bits per heavy atom. The van der Waals surface area contributed by atoms with E-state index >= 15 is 0 Å². The predicted octanol–water partition coefficient (Wildman–Crippen LogP) is 2.04. The second-order valence-electron chi connectivity index (χ2n) is 2.42. The monoisotopic (exact) mass is 207 g/mol. The summed E-state index contributed by atoms with van der Waals surface area (Å²) in [4.78, 5) is 12.2. The Bertz CT molecular complexity index is 446. The minimum atomic E-state index is -0.562. The first-order valence-corrected chi connectivity index (χ1v) is 3.71. The van der Waals surface area contributed by atoms with Gasteiger partial charge >= 0.3 is 0 Å². The van der Waals surface area contributed by atoms with Gasteiger partial charge in [0.15, 0.2) is 5.84 Å². The van der Waals surface area contributed by atoms with E-state index in [1.54, 1.807) is 0 Å². The average molecular weight is 207 g/mol. The van der Waals surface area contributed by atoms with Gasteiger partial charge in [-0.05, 0) is 22.8 Å². The first-order valence-electron chi connectivity index (χ1n) is 3.71. The van der Waals surface area contributed by atoms with Crippen LogP contribution in [0.5, 0.6) is 0 Å². The summed E-state index contributed by atoms with van der Waals surface area (Å²) in [5.41, 5.74) is 8.32. The van der Waals surface area contributed by atoms with Crippen molar-refractivity contribution in [2.24, 2.45) is 10.3 Å². The van der Waals surface area contributed by atoms with Crippen molar-refractivity contribution >= 4 is 11.5 Å². The Balaban J connectivity index is 3.08. The number of amidine groups is 1. The normalized spacial score (nSPS) is 10.5. The molecule has 1 N–H and O–H groups in total. The zero-order chi connectivity index (χ0) is 11.3. The quantitative estimate of drug-likeness (QED) is 0.116. The number of nitro groups is 1. The summed E-state index contributed by atoms with van der Waals surface area (Å²) in [5, 5.41) is 24.6. The molecule has 0 radical (unpaired) electrons. The van der Waals surface area contributed by atoms with Crippen LogP contribution in [0.2, 0.25) is 0 Å². The zero-order valence-electron chi connectivity index (χ0n) is 7.31. The molecule has 15 heavy (non-hydrogen) atoms. The topological polar surface area (TPSA) is 124 Å². The van der Waals surface area contributed by atoms with Crippen molar-refractivity contribution in [2.75, 3.05) is 0 Å². The summed E-state index contributed by atoms with van der Waals surface area (Å²) in [6.07, 6.45) is 0. The van der Waals surface area contributed by atoms with E-state index in [-0.39, 0.29) is 11.5 Å². The maximum absolute atomic E-state index is 10.3. The summed E-state index contributed by atoms with van der Waals surface area (Å²) in [5.74, 6) is -0.243. The van der Waals surface area contributed by atoms with Crippen LogP contribution in [0.3, 0.4) is 0 Å². The molecular weight excluding hydrogens is 202 g/mol. The minimum absolute atomic E-state index is 0.100. The largest absolute Gasteiger partial charge is 0.410 e. The lowest BCUT2D eigenvalue weighted by atomic mass is 10.2. The van der Waals surface area contributed by atoms with E-state index in [1.165, 1.54) is 24.3 Å². The second kappa shape index (κ2) is 4.58. The Morgan fingerprint density at radius 1 is 1.47 bits per heavy atom. The molecule has 1 rings (SSSR count). The van der Waals surface area contributed by atoms with Gasteiger partial charge in [-0.15, -0.1) is 0 Å². The summed E-state index contributed by atoms with van der Waals surface area (Å²) < 4.78 is 0. The number of hydrogen-bond donors (Lipinski definition) is 1. The van der Waals surface area contributed by atoms with Gasteiger partial charge in [-0.25, -0.2) is 0 Å². The lowest BCUT2D eigenvalue weighted by molar-refractivity contribution is -0.384. The van der Waals surface area contributed by atoms with Crippen LogP contribution < -0.4 is 0 Å². The van der Waals surface area contributed by atoms with Crippen LogP contribution >= 0.6 is 0 Å². The molecule has 0 unspecified atom stereocenters. The summed E-state index contributed by atoms with van der Waals surface area (Å²) in [6.45, 7) is 0. The fraction of sp³-hybridized carbons (Fsp3) is 0. The molecule has 1 aromatic carbocycles. The average Bonchev–Trinajstić information content (AvgIpc) is 2.26. The number of azide groups is 1. The highest BCUT2D eigenvalue weighted by Gasteiger charge is 2.06. The second-order valence-corrected chi connectivity index (χ2v) is 2.42. The predicted molar refractivity (Wildman–Crippen MR) is 50.6 cm³/mol. The first kappa shape index (κ1) is 10.5. The Morgan fingerprint density at radius 2 is 2.07 bits per heavy atom. The SMILES string of the molecule is [N-]=[N+]=N/C(=N\O)c1ccc([N+](=O)[O-])cc1. The van der Waals surface area contributed by atoms with Crippen LogP contribution in [0, 0.1) is 10.1 Å². The van der Waals surface area contributed by atoms with Crippen LogP contribution in [0.25, 0.3) is 10.4 Å². The minimum Gasteiger partial charge on any atom is -0.410 e. The van der Waals surface area contributed by atoms with E-state index in [1.807, 2.05) is 0 Å². The zero-order valence-corrected chi connectivity index (χ0v) is 7.31. The number of non-ortho nitro benzene ring substituents is 1. The van der Waals surface area contributed by atoms with Crippen LogP contribution in [0.4, 0.5) is 5.69 Å². The third kappa shape index (κ3) is 2.42. The Labute approximate surface area is 83.2 Å². The van der Waals surface area contributed by atoms with Gasteiger partial charge in [0.25, 0.3) is 5.69 Å². The summed E-state index contributed by atoms with van der Waals surface area (Å²) in [7, 11) is 0. The molecule has 0 spiro atoms. The highest BCUT2D eigenvalue weighted by molar-refractivity contribution is 5.99. The van der Waals surface area contributed by atoms with E-state index in [4.69, 9.17) is 10.7 Å². The molecule has 8 heteroatoms. The number of nitro benzene ring substituents is 1. The molecule has 76 valence electrons. The molecular formula is C7H5N5O3. The fourth-order valence-electron chi connectivity index (χ4n) is 0.910. The molecule has 1 aromatic rings. The number of nitrogens with zero attached hydrogens (tertiary/aromatic N) is 5. The number of oxime groups is 1. The Kier molecular flexibility index (Phi) is 3.20. The lowest BCUT2D eigenvalue weighted by Crippen LogP contribution is -1.96. The van der Waals surface area contributed by atoms with Gasteiger partial charge in [-0.1, -0.05) is 5.16 Å². The van der Waals surface area contributed by atoms with Crippen LogP contribution in [-0.2, 0) is 0 Å². The van der Waals surface area contributed by atoms with Crippen molar-refractivity contribution in [1.82, 2.24) is 0 Å². The highest BCUT2D eigenvalue weighted by Crippen LogP contribution is 2.12. The molecule has 0 amide bonds. The molecule has 0 aliphatic rings. The molecule has 0 atom stereocenters. The number of hydrogen-bond acceptors (Lipinski definition) is 4. The first-order chi connectivity index (χ1) is 7.19. The molecule has 0 aliphatic heterocycles. The third-order valence-electron chi connectivity index (χ3n) is 1.57. The number of rotatable bonds is 2. The molecule has 0 aliphatic carbocycles. The standard InChI is InChI=1S/C7H5N5O3/c8-11-9-7(10-13)5-1-3-6(4-2-5)12(14)15/h1-4,13H/b10-7-. The smallest absolute Gasteiger partial charge is 0.269 e. The van der Waals surface area contributed by atoms with Crippen LogP contribution in [0.15, 0.2) is 34.5 Å². The highest BCUT2D eigenvalue weighted by atomic mass is 16.6. The van der Waals surface area contributed by atoms with Crippen molar-refractivity contribution in [3.8, 4) is 0 Å². The van der Waals surface area contributed by atoms with Gasteiger partial charge in [-0.2, -0.15) is 0 Å². The lowest BCUT2D eigenvalue weighted by Gasteiger charge is -1.96. The van der Waals surface area contributed by atoms with Gasteiger partial charge in [0.1, 0.15) is 0 Å². The number of benzene rings is 1. The van der Waals surface area contributed by atoms with Gasteiger partial charge in [0, 0.05) is 22.6 Å². The maximum Gasteiger partial charge on any atom is 0.269 e. The van der Waals surface area contributed by atoms with Crippen molar-refractivity contribution in [3.63, 3.8) is 0 Å². The Hall–Kier alpha value is -2.60. The van der Waals surface area contributed by atoms with Crippen LogP contribution in [0.1, 0.15) is 5.56 Å². The van der Waals surface area contributed by atoms with E-state index in [0.717, 1.165) is 0 Å². The van der Waals surface area contributed by atoms with Gasteiger partial charge in [0.05, 0.1) is 4.92 Å². The van der Waals surface area contributed by atoms with Crippen molar-refractivity contribution < 1.29 is 10.1 Å². The third-order valence-corrected chi connectivity index (χ3v) is 1.57. The molecule has 0 saturated heterocycles. The molecule has 0 saturated carbocycles. The van der Waals surface area contributed by atoms with E-state index in [0.29, 0.717) is 5.56 Å². The molecule has 8 nitrogen and oxygen atoms in total. The van der Waals surface area contributed by atoms with Gasteiger partial charge in [-0.3, -0.25) is 10.1 Å². The summed E-state index contributed by atoms with van der Waals surface area (Å²) in [6, 6.07) is 5.07. The van der Waals surface area contributed by atoms with Gasteiger partial charge in [0.2, 0.25) is 0 Å². The van der Waals surface area contributed by atoms with Crippen molar-refractivity contribution in [1.29, 1.82) is 0 Å². The molecule has 0 bridgehead atoms. The fourth-order valence-corrected chi connectivity index (χ4v) is 0.910. The maximum atomic E-state index is 10.3. The van der Waals surface area contributed by atoms with E-state index < -0.39 is 4.92 Å². The van der Waals surface area contributed by atoms with Crippen molar-refractivity contribution in [3.05, 3.63) is 50.4 Å². The van der Waals surface area contributed by atoms with Gasteiger partial charge < -0.3 is 5.21 Å². The van der Waals surface area contributed by atoms with E-state index in [9.17, 15) is 10.1 Å². The molecule has 0 fully saturated rings. The molecule has 0 heterocycles. The van der Waals surface area contributed by atoms with Crippen LogP contribution in [-0.4, -0.2) is 16.0 Å². The molecule has 0 aromatic heterocycles. The van der Waals surface area contributed by atoms with E-state index in [2.05, 4.69) is 15.2 Å².